The number of morpholine rings is 1. The molecule has 0 spiro atoms. The van der Waals surface area contributed by atoms with Crippen molar-refractivity contribution in [3.05, 3.63) is 29.8 Å². The molecule has 110 valence electrons. The van der Waals surface area contributed by atoms with Crippen molar-refractivity contribution in [2.75, 3.05) is 31.1 Å². The number of nitrogens with one attached hydrogen (secondary N) is 1. The molecule has 0 aliphatic carbocycles. The van der Waals surface area contributed by atoms with Crippen molar-refractivity contribution < 1.29 is 9.53 Å². The molecular formula is C15H21ClN2O2. The van der Waals surface area contributed by atoms with Gasteiger partial charge in [-0.2, -0.15) is 0 Å². The Balaban J connectivity index is 0.00000147. The number of rotatable bonds is 1. The van der Waals surface area contributed by atoms with Crippen LogP contribution in [0.15, 0.2) is 24.3 Å². The van der Waals surface area contributed by atoms with Gasteiger partial charge < -0.3 is 15.0 Å². The Bertz CT molecular complexity index is 461. The molecule has 1 amide bonds. The fourth-order valence-corrected chi connectivity index (χ4v) is 2.82. The highest BCUT2D eigenvalue weighted by atomic mass is 35.5. The Labute approximate surface area is 125 Å². The first-order valence-corrected chi connectivity index (χ1v) is 7.08. The molecule has 3 rings (SSSR count). The number of aryl methyl sites for hydroxylation is 1. The zero-order valence-corrected chi connectivity index (χ0v) is 12.3. The van der Waals surface area contributed by atoms with Crippen LogP contribution in [0.5, 0.6) is 0 Å². The zero-order chi connectivity index (χ0) is 13.1. The van der Waals surface area contributed by atoms with Gasteiger partial charge in [0.1, 0.15) is 6.10 Å². The second-order valence-electron chi connectivity index (χ2n) is 5.14. The van der Waals surface area contributed by atoms with E-state index in [1.807, 2.05) is 17.0 Å². The summed E-state index contributed by atoms with van der Waals surface area (Å²) in [5, 5.41) is 3.22. The number of hydrogen-bond donors (Lipinski definition) is 1. The summed E-state index contributed by atoms with van der Waals surface area (Å²) in [4.78, 5) is 14.5. The van der Waals surface area contributed by atoms with E-state index in [9.17, 15) is 4.79 Å². The van der Waals surface area contributed by atoms with Crippen molar-refractivity contribution in [2.45, 2.75) is 25.4 Å². The summed E-state index contributed by atoms with van der Waals surface area (Å²) in [6.45, 7) is 2.87. The van der Waals surface area contributed by atoms with Crippen LogP contribution < -0.4 is 10.2 Å². The summed E-state index contributed by atoms with van der Waals surface area (Å²) >= 11 is 0. The maximum absolute atomic E-state index is 12.6. The molecule has 0 saturated carbocycles. The normalized spacial score (nSPS) is 22.4. The maximum atomic E-state index is 12.6. The molecule has 1 fully saturated rings. The fraction of sp³-hybridized carbons (Fsp3) is 0.533. The molecule has 1 saturated heterocycles. The van der Waals surface area contributed by atoms with E-state index >= 15 is 0 Å². The van der Waals surface area contributed by atoms with Gasteiger partial charge in [0.2, 0.25) is 0 Å². The van der Waals surface area contributed by atoms with E-state index in [4.69, 9.17) is 4.74 Å². The number of amides is 1. The van der Waals surface area contributed by atoms with Gasteiger partial charge in [-0.05, 0) is 30.9 Å². The van der Waals surface area contributed by atoms with Gasteiger partial charge >= 0.3 is 0 Å². The van der Waals surface area contributed by atoms with Crippen molar-refractivity contribution in [2.24, 2.45) is 0 Å². The molecule has 0 aromatic heterocycles. The number of carbonyl (C=O) groups excluding carboxylic acids is 1. The van der Waals surface area contributed by atoms with E-state index in [1.54, 1.807) is 0 Å². The summed E-state index contributed by atoms with van der Waals surface area (Å²) < 4.78 is 5.60. The van der Waals surface area contributed by atoms with Gasteiger partial charge in [-0.1, -0.05) is 18.2 Å². The molecule has 1 aromatic rings. The Morgan fingerprint density at radius 1 is 1.30 bits per heavy atom. The third-order valence-corrected chi connectivity index (χ3v) is 3.83. The molecule has 4 nitrogen and oxygen atoms in total. The average molecular weight is 297 g/mol. The first kappa shape index (κ1) is 15.3. The van der Waals surface area contributed by atoms with E-state index in [-0.39, 0.29) is 24.4 Å². The van der Waals surface area contributed by atoms with Gasteiger partial charge in [-0.25, -0.2) is 0 Å². The number of benzene rings is 1. The third kappa shape index (κ3) is 3.14. The lowest BCUT2D eigenvalue weighted by atomic mass is 10.1. The van der Waals surface area contributed by atoms with Crippen molar-refractivity contribution in [1.29, 1.82) is 0 Å². The number of ether oxygens (including phenoxy) is 1. The van der Waals surface area contributed by atoms with Gasteiger partial charge in [-0.3, -0.25) is 4.79 Å². The van der Waals surface area contributed by atoms with Crippen LogP contribution in [0.4, 0.5) is 5.69 Å². The molecule has 2 aliphatic heterocycles. The van der Waals surface area contributed by atoms with Gasteiger partial charge in [0.15, 0.2) is 0 Å². The molecule has 20 heavy (non-hydrogen) atoms. The van der Waals surface area contributed by atoms with Crippen molar-refractivity contribution in [3.63, 3.8) is 0 Å². The maximum Gasteiger partial charge on any atom is 0.257 e. The quantitative estimate of drug-likeness (QED) is 0.859. The molecule has 1 atom stereocenters. The smallest absolute Gasteiger partial charge is 0.257 e. The van der Waals surface area contributed by atoms with Crippen LogP contribution in [0.2, 0.25) is 0 Å². The number of halogens is 1. The van der Waals surface area contributed by atoms with Gasteiger partial charge in [0.25, 0.3) is 5.91 Å². The first-order chi connectivity index (χ1) is 9.36. The predicted octanol–water partition coefficient (Wildman–Crippen LogP) is 1.77. The average Bonchev–Trinajstić information content (AvgIpc) is 2.70. The Morgan fingerprint density at radius 3 is 2.95 bits per heavy atom. The van der Waals surface area contributed by atoms with Crippen LogP contribution in [0.3, 0.4) is 0 Å². The van der Waals surface area contributed by atoms with Gasteiger partial charge in [0, 0.05) is 25.3 Å². The van der Waals surface area contributed by atoms with Crippen LogP contribution in [-0.2, 0) is 16.0 Å². The topological polar surface area (TPSA) is 41.6 Å². The molecule has 0 radical (unpaired) electrons. The standard InChI is InChI=1S/C15H20N2O2.ClH/c18-15(14-11-16-8-10-19-14)17-9-4-3-6-12-5-1-2-7-13(12)17;/h1-2,5,7,14,16H,3-4,6,8-11H2;1H. The molecular weight excluding hydrogens is 276 g/mol. The molecule has 5 heteroatoms. The van der Waals surface area contributed by atoms with E-state index in [0.717, 1.165) is 38.0 Å². The predicted molar refractivity (Wildman–Crippen MR) is 81.6 cm³/mol. The lowest BCUT2D eigenvalue weighted by Gasteiger charge is -2.30. The van der Waals surface area contributed by atoms with Crippen LogP contribution in [0, 0.1) is 0 Å². The van der Waals surface area contributed by atoms with Crippen molar-refractivity contribution >= 4 is 24.0 Å². The Kier molecular flexibility index (Phi) is 5.40. The minimum absolute atomic E-state index is 0. The fourth-order valence-electron chi connectivity index (χ4n) is 2.82. The number of para-hydroxylation sites is 1. The van der Waals surface area contributed by atoms with Crippen LogP contribution in [-0.4, -0.2) is 38.3 Å². The zero-order valence-electron chi connectivity index (χ0n) is 11.5. The lowest BCUT2D eigenvalue weighted by Crippen LogP contribution is -2.49. The van der Waals surface area contributed by atoms with Gasteiger partial charge in [0.05, 0.1) is 6.61 Å². The summed E-state index contributed by atoms with van der Waals surface area (Å²) in [7, 11) is 0. The minimum Gasteiger partial charge on any atom is -0.366 e. The summed E-state index contributed by atoms with van der Waals surface area (Å²) in [6.07, 6.45) is 2.93. The lowest BCUT2D eigenvalue weighted by molar-refractivity contribution is -0.131. The Morgan fingerprint density at radius 2 is 2.15 bits per heavy atom. The molecule has 1 unspecified atom stereocenters. The van der Waals surface area contributed by atoms with Gasteiger partial charge in [-0.15, -0.1) is 12.4 Å². The van der Waals surface area contributed by atoms with Crippen LogP contribution in [0.1, 0.15) is 18.4 Å². The number of nitrogens with zero attached hydrogens (tertiary/aromatic N) is 1. The van der Waals surface area contributed by atoms with E-state index < -0.39 is 0 Å². The largest absolute Gasteiger partial charge is 0.366 e. The number of hydrogen-bond acceptors (Lipinski definition) is 3. The number of anilines is 1. The van der Waals surface area contributed by atoms with Crippen molar-refractivity contribution in [1.82, 2.24) is 5.32 Å². The number of fused-ring (bicyclic) bond motifs is 1. The summed E-state index contributed by atoms with van der Waals surface area (Å²) in [6, 6.07) is 8.23. The second-order valence-corrected chi connectivity index (χ2v) is 5.14. The SMILES string of the molecule is Cl.O=C(C1CNCCO1)N1CCCCc2ccccc21. The minimum atomic E-state index is -0.333. The van der Waals surface area contributed by atoms with Crippen LogP contribution >= 0.6 is 12.4 Å². The van der Waals surface area contributed by atoms with Crippen LogP contribution in [0.25, 0.3) is 0 Å². The highest BCUT2D eigenvalue weighted by molar-refractivity contribution is 5.97. The van der Waals surface area contributed by atoms with E-state index in [1.165, 1.54) is 5.56 Å². The third-order valence-electron chi connectivity index (χ3n) is 3.83. The molecule has 1 aromatic carbocycles. The number of carbonyl (C=O) groups is 1. The molecule has 2 aliphatic rings. The van der Waals surface area contributed by atoms with E-state index in [2.05, 4.69) is 17.4 Å². The Hall–Kier alpha value is -1.10. The summed E-state index contributed by atoms with van der Waals surface area (Å²) in [5.41, 5.74) is 2.34. The van der Waals surface area contributed by atoms with E-state index in [0.29, 0.717) is 13.2 Å². The highest BCUT2D eigenvalue weighted by Gasteiger charge is 2.29. The first-order valence-electron chi connectivity index (χ1n) is 7.08. The molecule has 1 N–H and O–H groups in total. The van der Waals surface area contributed by atoms with Crippen molar-refractivity contribution in [3.8, 4) is 0 Å². The highest BCUT2D eigenvalue weighted by Crippen LogP contribution is 2.27. The second kappa shape index (κ2) is 7.07. The summed E-state index contributed by atoms with van der Waals surface area (Å²) in [5.74, 6) is 0.0987. The molecule has 0 bridgehead atoms. The monoisotopic (exact) mass is 296 g/mol. The molecule has 2 heterocycles.